The molecule has 2 heterocycles. The SMILES string of the molecule is Cc1cc(N2CCC[C@@H](C)C2)ncc1Br. The first kappa shape index (κ1) is 10.9. The fourth-order valence-electron chi connectivity index (χ4n) is 2.09. The maximum Gasteiger partial charge on any atom is 0.128 e. The number of piperidine rings is 1. The van der Waals surface area contributed by atoms with Crippen molar-refractivity contribution in [3.63, 3.8) is 0 Å². The lowest BCUT2D eigenvalue weighted by molar-refractivity contribution is 0.444. The van der Waals surface area contributed by atoms with Crippen LogP contribution in [0, 0.1) is 12.8 Å². The number of hydrogen-bond donors (Lipinski definition) is 0. The minimum atomic E-state index is 0.796. The van der Waals surface area contributed by atoms with Crippen molar-refractivity contribution >= 4 is 21.7 Å². The van der Waals surface area contributed by atoms with Gasteiger partial charge in [-0.2, -0.15) is 0 Å². The largest absolute Gasteiger partial charge is 0.356 e. The smallest absolute Gasteiger partial charge is 0.128 e. The zero-order chi connectivity index (χ0) is 10.8. The standard InChI is InChI=1S/C12H17BrN2/c1-9-4-3-5-15(8-9)12-6-10(2)11(13)7-14-12/h6-7,9H,3-5,8H2,1-2H3/t9-/m1/s1. The number of aryl methyl sites for hydroxylation is 1. The van der Waals surface area contributed by atoms with Gasteiger partial charge in [-0.3, -0.25) is 0 Å². The van der Waals surface area contributed by atoms with Gasteiger partial charge in [-0.1, -0.05) is 6.92 Å². The average Bonchev–Trinajstić information content (AvgIpc) is 2.22. The maximum absolute atomic E-state index is 4.48. The Hall–Kier alpha value is -0.570. The molecule has 1 saturated heterocycles. The lowest BCUT2D eigenvalue weighted by atomic mass is 10.0. The molecule has 15 heavy (non-hydrogen) atoms. The molecule has 0 radical (unpaired) electrons. The highest BCUT2D eigenvalue weighted by Gasteiger charge is 2.17. The number of pyridine rings is 1. The summed E-state index contributed by atoms with van der Waals surface area (Å²) in [4.78, 5) is 6.87. The van der Waals surface area contributed by atoms with Crippen LogP contribution in [0.5, 0.6) is 0 Å². The van der Waals surface area contributed by atoms with Crippen molar-refractivity contribution in [2.24, 2.45) is 5.92 Å². The van der Waals surface area contributed by atoms with Crippen LogP contribution in [-0.2, 0) is 0 Å². The zero-order valence-electron chi connectivity index (χ0n) is 9.33. The second kappa shape index (κ2) is 4.52. The van der Waals surface area contributed by atoms with Crippen LogP contribution >= 0.6 is 15.9 Å². The molecule has 0 N–H and O–H groups in total. The van der Waals surface area contributed by atoms with Gasteiger partial charge in [0.2, 0.25) is 0 Å². The van der Waals surface area contributed by atoms with E-state index < -0.39 is 0 Å². The fourth-order valence-corrected chi connectivity index (χ4v) is 2.31. The van der Waals surface area contributed by atoms with E-state index in [-0.39, 0.29) is 0 Å². The van der Waals surface area contributed by atoms with E-state index in [1.807, 2.05) is 6.20 Å². The molecule has 0 spiro atoms. The van der Waals surface area contributed by atoms with E-state index in [9.17, 15) is 0 Å². The van der Waals surface area contributed by atoms with Crippen LogP contribution in [0.1, 0.15) is 25.3 Å². The molecule has 0 unspecified atom stereocenters. The van der Waals surface area contributed by atoms with Crippen molar-refractivity contribution in [3.8, 4) is 0 Å². The molecule has 0 saturated carbocycles. The summed E-state index contributed by atoms with van der Waals surface area (Å²) >= 11 is 3.48. The Morgan fingerprint density at radius 1 is 1.53 bits per heavy atom. The summed E-state index contributed by atoms with van der Waals surface area (Å²) in [5.74, 6) is 1.92. The molecule has 1 atom stereocenters. The van der Waals surface area contributed by atoms with Crippen LogP contribution in [0.25, 0.3) is 0 Å². The highest BCUT2D eigenvalue weighted by molar-refractivity contribution is 9.10. The van der Waals surface area contributed by atoms with Crippen LogP contribution in [0.15, 0.2) is 16.7 Å². The van der Waals surface area contributed by atoms with E-state index in [1.165, 1.54) is 18.4 Å². The summed E-state index contributed by atoms with van der Waals surface area (Å²) in [6.07, 6.45) is 4.55. The van der Waals surface area contributed by atoms with Gasteiger partial charge in [0.25, 0.3) is 0 Å². The summed E-state index contributed by atoms with van der Waals surface area (Å²) in [6.45, 7) is 6.73. The predicted octanol–water partition coefficient (Wildman–Crippen LogP) is 3.39. The quantitative estimate of drug-likeness (QED) is 0.776. The summed E-state index contributed by atoms with van der Waals surface area (Å²) in [5.41, 5.74) is 1.26. The Morgan fingerprint density at radius 2 is 2.33 bits per heavy atom. The topological polar surface area (TPSA) is 16.1 Å². The van der Waals surface area contributed by atoms with Crippen LogP contribution in [0.3, 0.4) is 0 Å². The Labute approximate surface area is 99.8 Å². The van der Waals surface area contributed by atoms with E-state index in [2.05, 4.69) is 45.7 Å². The van der Waals surface area contributed by atoms with E-state index >= 15 is 0 Å². The third kappa shape index (κ3) is 2.51. The molecule has 1 aromatic rings. The van der Waals surface area contributed by atoms with Gasteiger partial charge in [0.05, 0.1) is 0 Å². The van der Waals surface area contributed by atoms with Gasteiger partial charge in [-0.05, 0) is 53.2 Å². The molecule has 2 nitrogen and oxygen atoms in total. The summed E-state index contributed by atoms with van der Waals surface area (Å²) in [5, 5.41) is 0. The summed E-state index contributed by atoms with van der Waals surface area (Å²) < 4.78 is 1.09. The molecule has 3 heteroatoms. The van der Waals surface area contributed by atoms with Crippen molar-refractivity contribution in [2.45, 2.75) is 26.7 Å². The predicted molar refractivity (Wildman–Crippen MR) is 67.3 cm³/mol. The molecular formula is C12H17BrN2. The van der Waals surface area contributed by atoms with Crippen LogP contribution in [0.2, 0.25) is 0 Å². The Bertz CT molecular complexity index is 351. The highest BCUT2D eigenvalue weighted by Crippen LogP contribution is 2.24. The monoisotopic (exact) mass is 268 g/mol. The normalized spacial score (nSPS) is 21.8. The molecule has 0 bridgehead atoms. The molecule has 1 aliphatic rings. The molecule has 2 rings (SSSR count). The molecule has 0 aromatic carbocycles. The first-order chi connectivity index (χ1) is 7.16. The van der Waals surface area contributed by atoms with Gasteiger partial charge in [-0.15, -0.1) is 0 Å². The van der Waals surface area contributed by atoms with Gasteiger partial charge in [-0.25, -0.2) is 4.98 Å². The number of nitrogens with zero attached hydrogens (tertiary/aromatic N) is 2. The maximum atomic E-state index is 4.48. The first-order valence-corrected chi connectivity index (χ1v) is 6.33. The van der Waals surface area contributed by atoms with Gasteiger partial charge < -0.3 is 4.90 Å². The van der Waals surface area contributed by atoms with Crippen molar-refractivity contribution in [1.29, 1.82) is 0 Å². The Morgan fingerprint density at radius 3 is 3.00 bits per heavy atom. The molecule has 0 aliphatic carbocycles. The van der Waals surface area contributed by atoms with E-state index in [0.29, 0.717) is 0 Å². The minimum absolute atomic E-state index is 0.796. The molecule has 0 amide bonds. The highest BCUT2D eigenvalue weighted by atomic mass is 79.9. The second-order valence-electron chi connectivity index (χ2n) is 4.49. The molecule has 1 fully saturated rings. The van der Waals surface area contributed by atoms with Crippen molar-refractivity contribution in [3.05, 3.63) is 22.3 Å². The number of anilines is 1. The number of halogens is 1. The molecule has 1 aromatic heterocycles. The fraction of sp³-hybridized carbons (Fsp3) is 0.583. The van der Waals surface area contributed by atoms with Gasteiger partial charge in [0.1, 0.15) is 5.82 Å². The van der Waals surface area contributed by atoms with Gasteiger partial charge in [0, 0.05) is 23.8 Å². The number of rotatable bonds is 1. The summed E-state index contributed by atoms with van der Waals surface area (Å²) in [6, 6.07) is 2.17. The minimum Gasteiger partial charge on any atom is -0.356 e. The van der Waals surface area contributed by atoms with Gasteiger partial charge in [0.15, 0.2) is 0 Å². The van der Waals surface area contributed by atoms with Crippen LogP contribution < -0.4 is 4.90 Å². The number of hydrogen-bond acceptors (Lipinski definition) is 2. The van der Waals surface area contributed by atoms with E-state index in [4.69, 9.17) is 0 Å². The zero-order valence-corrected chi connectivity index (χ0v) is 10.9. The second-order valence-corrected chi connectivity index (χ2v) is 5.34. The van der Waals surface area contributed by atoms with Gasteiger partial charge >= 0.3 is 0 Å². The van der Waals surface area contributed by atoms with Crippen molar-refractivity contribution in [2.75, 3.05) is 18.0 Å². The van der Waals surface area contributed by atoms with E-state index in [1.54, 1.807) is 0 Å². The Kier molecular flexibility index (Phi) is 3.29. The van der Waals surface area contributed by atoms with Crippen molar-refractivity contribution < 1.29 is 0 Å². The molecule has 82 valence electrons. The first-order valence-electron chi connectivity index (χ1n) is 5.54. The van der Waals surface area contributed by atoms with E-state index in [0.717, 1.165) is 29.3 Å². The lowest BCUT2D eigenvalue weighted by Crippen LogP contribution is -2.34. The molecular weight excluding hydrogens is 252 g/mol. The third-order valence-electron chi connectivity index (χ3n) is 3.01. The summed E-state index contributed by atoms with van der Waals surface area (Å²) in [7, 11) is 0. The lowest BCUT2D eigenvalue weighted by Gasteiger charge is -2.32. The Balaban J connectivity index is 2.18. The van der Waals surface area contributed by atoms with Crippen LogP contribution in [-0.4, -0.2) is 18.1 Å². The molecule has 1 aliphatic heterocycles. The van der Waals surface area contributed by atoms with Crippen molar-refractivity contribution in [1.82, 2.24) is 4.98 Å². The average molecular weight is 269 g/mol. The van der Waals surface area contributed by atoms with Crippen LogP contribution in [0.4, 0.5) is 5.82 Å². The number of aromatic nitrogens is 1. The third-order valence-corrected chi connectivity index (χ3v) is 3.84.